The molecule has 0 aromatic heterocycles. The van der Waals surface area contributed by atoms with Gasteiger partial charge in [-0.1, -0.05) is 35.9 Å². The van der Waals surface area contributed by atoms with Gasteiger partial charge in [-0.2, -0.15) is 0 Å². The van der Waals surface area contributed by atoms with Gasteiger partial charge in [-0.3, -0.25) is 9.59 Å². The molecule has 0 aliphatic heterocycles. The molecule has 0 radical (unpaired) electrons. The van der Waals surface area contributed by atoms with E-state index in [4.69, 9.17) is 16.3 Å². The molecule has 0 saturated carbocycles. The molecule has 0 aliphatic carbocycles. The van der Waals surface area contributed by atoms with Gasteiger partial charge in [0.1, 0.15) is 6.04 Å². The highest BCUT2D eigenvalue weighted by atomic mass is 35.5. The number of hydrogen-bond donors (Lipinski definition) is 1. The highest BCUT2D eigenvalue weighted by molar-refractivity contribution is 6.30. The van der Waals surface area contributed by atoms with Crippen molar-refractivity contribution in [2.24, 2.45) is 0 Å². The maximum absolute atomic E-state index is 13.6. The summed E-state index contributed by atoms with van der Waals surface area (Å²) in [6.07, 6.45) is 0. The Morgan fingerprint density at radius 3 is 2.46 bits per heavy atom. The van der Waals surface area contributed by atoms with Gasteiger partial charge in [0.15, 0.2) is 18.2 Å². The molecule has 26 heavy (non-hydrogen) atoms. The molecule has 7 heteroatoms. The first kappa shape index (κ1) is 19.7. The minimum absolute atomic E-state index is 0.0140. The van der Waals surface area contributed by atoms with Gasteiger partial charge in [0.05, 0.1) is 0 Å². The van der Waals surface area contributed by atoms with Crippen molar-refractivity contribution in [3.05, 3.63) is 64.9 Å². The molecule has 138 valence electrons. The number of likely N-dealkylation sites (N-methyl/N-ethyl adjacent to an activating group) is 1. The second-order valence-corrected chi connectivity index (χ2v) is 6.09. The van der Waals surface area contributed by atoms with Gasteiger partial charge in [0, 0.05) is 18.6 Å². The molecule has 0 heterocycles. The predicted octanol–water partition coefficient (Wildman–Crippen LogP) is 3.02. The van der Waals surface area contributed by atoms with Crippen molar-refractivity contribution in [3.8, 4) is 5.75 Å². The van der Waals surface area contributed by atoms with E-state index in [1.54, 1.807) is 37.3 Å². The third kappa shape index (κ3) is 5.20. The van der Waals surface area contributed by atoms with E-state index in [2.05, 4.69) is 5.32 Å². The van der Waals surface area contributed by atoms with Gasteiger partial charge in [0.25, 0.3) is 5.91 Å². The standard InChI is InChI=1S/C19H20ClFN2O3/c1-13(19(25)22-2)23(11-14-7-9-15(20)10-8-14)18(24)12-26-17-6-4-3-5-16(17)21/h3-10,13H,11-12H2,1-2H3,(H,22,25). The van der Waals surface area contributed by atoms with Crippen molar-refractivity contribution in [3.63, 3.8) is 0 Å². The van der Waals surface area contributed by atoms with E-state index in [0.717, 1.165) is 5.56 Å². The number of ether oxygens (including phenoxy) is 1. The first-order valence-electron chi connectivity index (χ1n) is 8.05. The summed E-state index contributed by atoms with van der Waals surface area (Å²) in [5, 5.41) is 3.10. The van der Waals surface area contributed by atoms with Gasteiger partial charge >= 0.3 is 0 Å². The predicted molar refractivity (Wildman–Crippen MR) is 97.4 cm³/mol. The zero-order valence-corrected chi connectivity index (χ0v) is 15.3. The Hall–Kier alpha value is -2.60. The lowest BCUT2D eigenvalue weighted by Gasteiger charge is -2.28. The molecule has 0 aliphatic rings. The van der Waals surface area contributed by atoms with Crippen LogP contribution in [0.25, 0.3) is 0 Å². The second kappa shape index (κ2) is 9.20. The number of carbonyl (C=O) groups is 2. The lowest BCUT2D eigenvalue weighted by Crippen LogP contribution is -2.48. The summed E-state index contributed by atoms with van der Waals surface area (Å²) < 4.78 is 18.9. The zero-order valence-electron chi connectivity index (χ0n) is 14.5. The molecule has 2 rings (SSSR count). The van der Waals surface area contributed by atoms with Crippen molar-refractivity contribution in [2.75, 3.05) is 13.7 Å². The third-order valence-corrected chi connectivity index (χ3v) is 4.12. The fourth-order valence-corrected chi connectivity index (χ4v) is 2.49. The lowest BCUT2D eigenvalue weighted by atomic mass is 10.1. The number of halogens is 2. The maximum Gasteiger partial charge on any atom is 0.261 e. The Morgan fingerprint density at radius 1 is 1.19 bits per heavy atom. The number of rotatable bonds is 7. The van der Waals surface area contributed by atoms with Gasteiger partial charge in [-0.15, -0.1) is 0 Å². The van der Waals surface area contributed by atoms with Crippen molar-refractivity contribution in [1.82, 2.24) is 10.2 Å². The monoisotopic (exact) mass is 378 g/mol. The number of nitrogens with zero attached hydrogens (tertiary/aromatic N) is 1. The molecule has 0 saturated heterocycles. The molecule has 1 unspecified atom stereocenters. The van der Waals surface area contributed by atoms with Crippen LogP contribution in [-0.4, -0.2) is 36.4 Å². The first-order chi connectivity index (χ1) is 12.4. The molecule has 1 N–H and O–H groups in total. The fourth-order valence-electron chi connectivity index (χ4n) is 2.36. The van der Waals surface area contributed by atoms with Crippen molar-refractivity contribution in [1.29, 1.82) is 0 Å². The van der Waals surface area contributed by atoms with Crippen LogP contribution in [0.1, 0.15) is 12.5 Å². The molecule has 0 bridgehead atoms. The van der Waals surface area contributed by atoms with Crippen molar-refractivity contribution >= 4 is 23.4 Å². The highest BCUT2D eigenvalue weighted by Gasteiger charge is 2.26. The summed E-state index contributed by atoms with van der Waals surface area (Å²) in [4.78, 5) is 26.0. The average molecular weight is 379 g/mol. The van der Waals surface area contributed by atoms with E-state index in [1.165, 1.54) is 30.1 Å². The number of hydrogen-bond acceptors (Lipinski definition) is 3. The molecular formula is C19H20ClFN2O3. The summed E-state index contributed by atoms with van der Waals surface area (Å²) in [6.45, 7) is 1.44. The molecular weight excluding hydrogens is 359 g/mol. The lowest BCUT2D eigenvalue weighted by molar-refractivity contribution is -0.142. The van der Waals surface area contributed by atoms with E-state index in [9.17, 15) is 14.0 Å². The second-order valence-electron chi connectivity index (χ2n) is 5.66. The smallest absolute Gasteiger partial charge is 0.261 e. The van der Waals surface area contributed by atoms with Gasteiger partial charge in [-0.05, 0) is 36.8 Å². The van der Waals surface area contributed by atoms with Crippen LogP contribution in [0.4, 0.5) is 4.39 Å². The van der Waals surface area contributed by atoms with Gasteiger partial charge < -0.3 is 15.0 Å². The largest absolute Gasteiger partial charge is 0.481 e. The van der Waals surface area contributed by atoms with Crippen LogP contribution in [0.3, 0.4) is 0 Å². The quantitative estimate of drug-likeness (QED) is 0.805. The Morgan fingerprint density at radius 2 is 1.85 bits per heavy atom. The van der Waals surface area contributed by atoms with Crippen LogP contribution in [0.5, 0.6) is 5.75 Å². The van der Waals surface area contributed by atoms with E-state index in [1.807, 2.05) is 0 Å². The zero-order chi connectivity index (χ0) is 19.1. The molecule has 0 fully saturated rings. The minimum atomic E-state index is -0.715. The maximum atomic E-state index is 13.6. The first-order valence-corrected chi connectivity index (χ1v) is 8.43. The Balaban J connectivity index is 2.13. The van der Waals surface area contributed by atoms with Crippen LogP contribution < -0.4 is 10.1 Å². The Bertz CT molecular complexity index is 768. The van der Waals surface area contributed by atoms with Crippen molar-refractivity contribution in [2.45, 2.75) is 19.5 Å². The summed E-state index contributed by atoms with van der Waals surface area (Å²) in [7, 11) is 1.50. The van der Waals surface area contributed by atoms with Gasteiger partial charge in [-0.25, -0.2) is 4.39 Å². The average Bonchev–Trinajstić information content (AvgIpc) is 2.65. The minimum Gasteiger partial charge on any atom is -0.481 e. The molecule has 0 spiro atoms. The fraction of sp³-hybridized carbons (Fsp3) is 0.263. The number of nitrogens with one attached hydrogen (secondary N) is 1. The summed E-state index contributed by atoms with van der Waals surface area (Å²) in [5.41, 5.74) is 0.810. The van der Waals surface area contributed by atoms with Crippen LogP contribution in [0.15, 0.2) is 48.5 Å². The van der Waals surface area contributed by atoms with Gasteiger partial charge in [0.2, 0.25) is 5.91 Å². The Kier molecular flexibility index (Phi) is 6.97. The molecule has 2 amide bonds. The number of benzene rings is 2. The molecule has 5 nitrogen and oxygen atoms in total. The van der Waals surface area contributed by atoms with Crippen molar-refractivity contribution < 1.29 is 18.7 Å². The molecule has 2 aromatic carbocycles. The number of carbonyl (C=O) groups excluding carboxylic acids is 2. The highest BCUT2D eigenvalue weighted by Crippen LogP contribution is 2.17. The van der Waals surface area contributed by atoms with E-state index < -0.39 is 17.8 Å². The molecule has 2 aromatic rings. The number of amides is 2. The summed E-state index contributed by atoms with van der Waals surface area (Å²) in [5.74, 6) is -1.30. The van der Waals surface area contributed by atoms with E-state index in [-0.39, 0.29) is 24.8 Å². The molecule has 1 atom stereocenters. The summed E-state index contributed by atoms with van der Waals surface area (Å²) in [6, 6.07) is 12.1. The van der Waals surface area contributed by atoms with E-state index in [0.29, 0.717) is 5.02 Å². The third-order valence-electron chi connectivity index (χ3n) is 3.87. The van der Waals surface area contributed by atoms with Crippen LogP contribution in [-0.2, 0) is 16.1 Å². The SMILES string of the molecule is CNC(=O)C(C)N(Cc1ccc(Cl)cc1)C(=O)COc1ccccc1F. The van der Waals surface area contributed by atoms with Crippen LogP contribution in [0, 0.1) is 5.82 Å². The normalized spacial score (nSPS) is 11.5. The van der Waals surface area contributed by atoms with E-state index >= 15 is 0 Å². The van der Waals surface area contributed by atoms with Crippen LogP contribution in [0.2, 0.25) is 5.02 Å². The Labute approximate surface area is 156 Å². The number of para-hydroxylation sites is 1. The van der Waals surface area contributed by atoms with Crippen LogP contribution >= 0.6 is 11.6 Å². The topological polar surface area (TPSA) is 58.6 Å². The summed E-state index contributed by atoms with van der Waals surface area (Å²) >= 11 is 5.88.